The lowest BCUT2D eigenvalue weighted by molar-refractivity contribution is 0.0497. The maximum Gasteiger partial charge on any atom is 0.338 e. The predicted octanol–water partition coefficient (Wildman–Crippen LogP) is 4.17. The lowest BCUT2D eigenvalue weighted by Crippen LogP contribution is -2.06. The summed E-state index contributed by atoms with van der Waals surface area (Å²) in [6.07, 6.45) is 8.36. The molecule has 0 aliphatic carbocycles. The first-order chi connectivity index (χ1) is 9.77. The van der Waals surface area contributed by atoms with Crippen molar-refractivity contribution in [1.29, 1.82) is 0 Å². The van der Waals surface area contributed by atoms with Crippen molar-refractivity contribution in [3.63, 3.8) is 0 Å². The van der Waals surface area contributed by atoms with E-state index in [0.29, 0.717) is 17.9 Å². The molecule has 0 amide bonds. The number of rotatable bonds is 9. The zero-order chi connectivity index (χ0) is 14.6. The molecular formula is C16H21NO3. The van der Waals surface area contributed by atoms with E-state index >= 15 is 0 Å². The Morgan fingerprint density at radius 1 is 1.20 bits per heavy atom. The first-order valence-corrected chi connectivity index (χ1v) is 7.13. The second-order valence-electron chi connectivity index (χ2n) is 4.66. The van der Waals surface area contributed by atoms with Crippen molar-refractivity contribution in [3.05, 3.63) is 29.8 Å². The van der Waals surface area contributed by atoms with Gasteiger partial charge in [0, 0.05) is 0 Å². The van der Waals surface area contributed by atoms with Crippen molar-refractivity contribution in [2.45, 2.75) is 45.4 Å². The van der Waals surface area contributed by atoms with Gasteiger partial charge in [0.15, 0.2) is 0 Å². The van der Waals surface area contributed by atoms with Gasteiger partial charge in [-0.3, -0.25) is 0 Å². The first-order valence-electron chi connectivity index (χ1n) is 7.13. The summed E-state index contributed by atoms with van der Waals surface area (Å²) >= 11 is 0. The Bertz CT molecular complexity index is 465. The van der Waals surface area contributed by atoms with Gasteiger partial charge in [0.2, 0.25) is 6.08 Å². The SMILES string of the molecule is CCCCCCCCOC(=O)c1cccc(N=C=O)c1. The summed E-state index contributed by atoms with van der Waals surface area (Å²) in [4.78, 5) is 25.4. The van der Waals surface area contributed by atoms with E-state index in [4.69, 9.17) is 4.74 Å². The Hall–Kier alpha value is -1.93. The molecule has 0 heterocycles. The van der Waals surface area contributed by atoms with Gasteiger partial charge in [0.1, 0.15) is 0 Å². The number of hydrogen-bond acceptors (Lipinski definition) is 4. The number of unbranched alkanes of at least 4 members (excludes halogenated alkanes) is 5. The molecule has 20 heavy (non-hydrogen) atoms. The van der Waals surface area contributed by atoms with Crippen LogP contribution in [0.1, 0.15) is 55.8 Å². The topological polar surface area (TPSA) is 55.7 Å². The van der Waals surface area contributed by atoms with Crippen LogP contribution < -0.4 is 0 Å². The third-order valence-electron chi connectivity index (χ3n) is 2.99. The van der Waals surface area contributed by atoms with E-state index in [9.17, 15) is 9.59 Å². The summed E-state index contributed by atoms with van der Waals surface area (Å²) in [5.41, 5.74) is 0.821. The van der Waals surface area contributed by atoms with E-state index in [1.54, 1.807) is 18.2 Å². The van der Waals surface area contributed by atoms with Crippen LogP contribution in [0, 0.1) is 0 Å². The minimum absolute atomic E-state index is 0.374. The highest BCUT2D eigenvalue weighted by atomic mass is 16.5. The number of carbonyl (C=O) groups is 1. The van der Waals surface area contributed by atoms with Gasteiger partial charge in [-0.05, 0) is 24.6 Å². The van der Waals surface area contributed by atoms with Crippen molar-refractivity contribution >= 4 is 17.7 Å². The molecule has 0 radical (unpaired) electrons. The van der Waals surface area contributed by atoms with Gasteiger partial charge in [0.25, 0.3) is 0 Å². The van der Waals surface area contributed by atoms with Crippen molar-refractivity contribution in [3.8, 4) is 0 Å². The number of benzene rings is 1. The minimum atomic E-state index is -0.374. The van der Waals surface area contributed by atoms with Crippen molar-refractivity contribution in [1.82, 2.24) is 0 Å². The highest BCUT2D eigenvalue weighted by Crippen LogP contribution is 2.14. The summed E-state index contributed by atoms with van der Waals surface area (Å²) in [6.45, 7) is 2.62. The molecular weight excluding hydrogens is 254 g/mol. The monoisotopic (exact) mass is 275 g/mol. The van der Waals surface area contributed by atoms with Gasteiger partial charge >= 0.3 is 5.97 Å². The molecule has 0 atom stereocenters. The average molecular weight is 275 g/mol. The molecule has 0 saturated carbocycles. The summed E-state index contributed by atoms with van der Waals surface area (Å²) in [6, 6.07) is 6.47. The second-order valence-corrected chi connectivity index (χ2v) is 4.66. The smallest absolute Gasteiger partial charge is 0.338 e. The lowest BCUT2D eigenvalue weighted by Gasteiger charge is -2.05. The van der Waals surface area contributed by atoms with E-state index < -0.39 is 0 Å². The van der Waals surface area contributed by atoms with Crippen LogP contribution in [-0.4, -0.2) is 18.7 Å². The molecule has 0 saturated heterocycles. The largest absolute Gasteiger partial charge is 0.462 e. The van der Waals surface area contributed by atoms with Crippen molar-refractivity contribution in [2.24, 2.45) is 4.99 Å². The first kappa shape index (κ1) is 16.1. The number of ether oxygens (including phenoxy) is 1. The molecule has 1 aromatic rings. The molecule has 4 heteroatoms. The number of esters is 1. The maximum absolute atomic E-state index is 11.8. The summed E-state index contributed by atoms with van der Waals surface area (Å²) in [7, 11) is 0. The number of isocyanates is 1. The highest BCUT2D eigenvalue weighted by molar-refractivity contribution is 5.90. The zero-order valence-electron chi connectivity index (χ0n) is 11.9. The highest BCUT2D eigenvalue weighted by Gasteiger charge is 2.07. The fourth-order valence-corrected chi connectivity index (χ4v) is 1.89. The van der Waals surface area contributed by atoms with Crippen LogP contribution in [0.3, 0.4) is 0 Å². The van der Waals surface area contributed by atoms with Gasteiger partial charge in [0.05, 0.1) is 17.9 Å². The van der Waals surface area contributed by atoms with Gasteiger partial charge in [-0.1, -0.05) is 45.1 Å². The van der Waals surface area contributed by atoms with E-state index in [2.05, 4.69) is 11.9 Å². The Morgan fingerprint density at radius 3 is 2.70 bits per heavy atom. The summed E-state index contributed by atoms with van der Waals surface area (Å²) in [5.74, 6) is -0.374. The Labute approximate surface area is 119 Å². The van der Waals surface area contributed by atoms with E-state index in [1.165, 1.54) is 37.8 Å². The molecule has 1 rings (SSSR count). The van der Waals surface area contributed by atoms with Crippen LogP contribution >= 0.6 is 0 Å². The maximum atomic E-state index is 11.8. The number of hydrogen-bond donors (Lipinski definition) is 0. The molecule has 0 bridgehead atoms. The van der Waals surface area contributed by atoms with E-state index in [0.717, 1.165) is 12.8 Å². The molecule has 0 aliphatic heterocycles. The minimum Gasteiger partial charge on any atom is -0.462 e. The number of nitrogens with zero attached hydrogens (tertiary/aromatic N) is 1. The van der Waals surface area contributed by atoms with E-state index in [1.807, 2.05) is 0 Å². The van der Waals surface area contributed by atoms with Crippen LogP contribution in [0.4, 0.5) is 5.69 Å². The van der Waals surface area contributed by atoms with Crippen LogP contribution in [0.5, 0.6) is 0 Å². The van der Waals surface area contributed by atoms with Gasteiger partial charge in [-0.2, -0.15) is 4.99 Å². The average Bonchev–Trinajstić information content (AvgIpc) is 2.47. The Morgan fingerprint density at radius 2 is 1.95 bits per heavy atom. The molecule has 0 fully saturated rings. The predicted molar refractivity (Wildman–Crippen MR) is 77.9 cm³/mol. The molecule has 1 aromatic carbocycles. The lowest BCUT2D eigenvalue weighted by atomic mass is 10.1. The van der Waals surface area contributed by atoms with Crippen LogP contribution in [0.25, 0.3) is 0 Å². The molecule has 0 spiro atoms. The Balaban J connectivity index is 2.28. The number of carbonyl (C=O) groups excluding carboxylic acids is 2. The van der Waals surface area contributed by atoms with Crippen LogP contribution in [-0.2, 0) is 9.53 Å². The Kier molecular flexibility index (Phi) is 8.01. The standard InChI is InChI=1S/C16H21NO3/c1-2-3-4-5-6-7-11-20-16(19)14-9-8-10-15(12-14)17-13-18/h8-10,12H,2-7,11H2,1H3. The van der Waals surface area contributed by atoms with Crippen LogP contribution in [0.15, 0.2) is 29.3 Å². The van der Waals surface area contributed by atoms with Crippen molar-refractivity contribution < 1.29 is 14.3 Å². The molecule has 108 valence electrons. The molecule has 0 aromatic heterocycles. The fourth-order valence-electron chi connectivity index (χ4n) is 1.89. The molecule has 0 unspecified atom stereocenters. The van der Waals surface area contributed by atoms with Gasteiger partial charge in [-0.15, -0.1) is 0 Å². The van der Waals surface area contributed by atoms with E-state index in [-0.39, 0.29) is 5.97 Å². The van der Waals surface area contributed by atoms with Gasteiger partial charge in [-0.25, -0.2) is 9.59 Å². The third kappa shape index (κ3) is 6.30. The van der Waals surface area contributed by atoms with Crippen molar-refractivity contribution in [2.75, 3.05) is 6.61 Å². The molecule has 0 N–H and O–H groups in total. The molecule has 4 nitrogen and oxygen atoms in total. The number of aliphatic imine (C=N–C) groups is 1. The fraction of sp³-hybridized carbons (Fsp3) is 0.500. The quantitative estimate of drug-likeness (QED) is 0.294. The normalized spacial score (nSPS) is 9.85. The third-order valence-corrected chi connectivity index (χ3v) is 2.99. The second kappa shape index (κ2) is 9.93. The zero-order valence-corrected chi connectivity index (χ0v) is 11.9. The summed E-state index contributed by atoms with van der Waals surface area (Å²) < 4.78 is 5.19. The van der Waals surface area contributed by atoms with Crippen LogP contribution in [0.2, 0.25) is 0 Å². The van der Waals surface area contributed by atoms with Gasteiger partial charge < -0.3 is 4.74 Å². The molecule has 0 aliphatic rings. The summed E-state index contributed by atoms with van der Waals surface area (Å²) in [5, 5.41) is 0.